The molecule has 0 radical (unpaired) electrons. The van der Waals surface area contributed by atoms with Gasteiger partial charge >= 0.3 is 5.97 Å². The lowest BCUT2D eigenvalue weighted by atomic mass is 10.0. The number of pyridine rings is 1. The second-order valence-electron chi connectivity index (χ2n) is 8.98. The number of thioether (sulfide) groups is 1. The largest absolute Gasteiger partial charge is 0.480 e. The topological polar surface area (TPSA) is 62.2 Å². The highest BCUT2D eigenvalue weighted by molar-refractivity contribution is 7.99. The Labute approximate surface area is 209 Å². The third kappa shape index (κ3) is 14.7. The van der Waals surface area contributed by atoms with Gasteiger partial charge in [0.25, 0.3) is 0 Å². The molecule has 4 nitrogen and oxygen atoms in total. The Morgan fingerprint density at radius 2 is 1.53 bits per heavy atom. The molecule has 1 unspecified atom stereocenters. The number of hydrogen-bond acceptors (Lipinski definition) is 4. The van der Waals surface area contributed by atoms with Crippen LogP contribution in [0.2, 0.25) is 0 Å². The summed E-state index contributed by atoms with van der Waals surface area (Å²) in [6.07, 6.45) is 16.7. The number of aliphatic carboxylic acids is 1. The molecule has 0 bridgehead atoms. The predicted octanol–water partition coefficient (Wildman–Crippen LogP) is 7.96. The fourth-order valence-corrected chi connectivity index (χ4v) is 4.19. The molecule has 34 heavy (non-hydrogen) atoms. The number of hydrogen-bond donors (Lipinski definition) is 2. The third-order valence-electron chi connectivity index (χ3n) is 5.34. The lowest BCUT2D eigenvalue weighted by molar-refractivity contribution is -0.137. The van der Waals surface area contributed by atoms with Crippen molar-refractivity contribution in [1.29, 1.82) is 0 Å². The average molecular weight is 489 g/mol. The summed E-state index contributed by atoms with van der Waals surface area (Å²) in [5, 5.41) is 12.3. The van der Waals surface area contributed by atoms with E-state index in [4.69, 9.17) is 0 Å². The number of carboxylic acid groups (broad SMARTS) is 1. The second-order valence-corrected chi connectivity index (χ2v) is 10.1. The van der Waals surface area contributed by atoms with Crippen LogP contribution in [0.4, 0.5) is 10.2 Å². The summed E-state index contributed by atoms with van der Waals surface area (Å²) < 4.78 is 13.0. The number of rotatable bonds is 16. The van der Waals surface area contributed by atoms with Crippen molar-refractivity contribution < 1.29 is 14.3 Å². The SMILES string of the molecule is CC(C)=CCC/C(C)=C/CC/C(C)=C/CC/C(C)=C/CSCC(Nc1ccc(F)cn1)C(=O)O. The van der Waals surface area contributed by atoms with Gasteiger partial charge in [0.2, 0.25) is 0 Å². The van der Waals surface area contributed by atoms with Crippen molar-refractivity contribution in [2.75, 3.05) is 16.8 Å². The van der Waals surface area contributed by atoms with E-state index in [1.165, 1.54) is 34.4 Å². The van der Waals surface area contributed by atoms with Crippen molar-refractivity contribution in [1.82, 2.24) is 4.98 Å². The number of aromatic nitrogens is 1. The van der Waals surface area contributed by atoms with Crippen LogP contribution in [0.3, 0.4) is 0 Å². The summed E-state index contributed by atoms with van der Waals surface area (Å²) in [5.74, 6) is 0.122. The van der Waals surface area contributed by atoms with Crippen LogP contribution in [0.1, 0.15) is 73.1 Å². The van der Waals surface area contributed by atoms with Crippen molar-refractivity contribution in [2.45, 2.75) is 79.2 Å². The Hall–Kier alpha value is -2.34. The second kappa shape index (κ2) is 17.1. The van der Waals surface area contributed by atoms with Gasteiger partial charge in [0, 0.05) is 11.5 Å². The first kappa shape index (κ1) is 29.7. The number of anilines is 1. The van der Waals surface area contributed by atoms with Crippen LogP contribution in [0.15, 0.2) is 64.9 Å². The Morgan fingerprint density at radius 3 is 2.03 bits per heavy atom. The molecule has 1 atom stereocenters. The van der Waals surface area contributed by atoms with Gasteiger partial charge < -0.3 is 10.4 Å². The highest BCUT2D eigenvalue weighted by atomic mass is 32.2. The molecule has 0 aliphatic heterocycles. The van der Waals surface area contributed by atoms with Crippen molar-refractivity contribution in [3.8, 4) is 0 Å². The molecule has 6 heteroatoms. The average Bonchev–Trinajstić information content (AvgIpc) is 2.76. The van der Waals surface area contributed by atoms with Crippen LogP contribution in [0.25, 0.3) is 0 Å². The first-order chi connectivity index (χ1) is 16.2. The van der Waals surface area contributed by atoms with Gasteiger partial charge in [-0.2, -0.15) is 11.8 Å². The predicted molar refractivity (Wildman–Crippen MR) is 145 cm³/mol. The highest BCUT2D eigenvalue weighted by Crippen LogP contribution is 2.15. The standard InChI is InChI=1S/C28H41FN2O2S/c1-21(2)9-6-10-22(3)11-7-12-23(4)13-8-14-24(5)17-18-34-20-26(28(32)33)31-27-16-15-25(29)19-30-27/h9,11,13,15-17,19,26H,6-8,10,12,14,18,20H2,1-5H3,(H,30,31)(H,32,33)/b22-11+,23-13+,24-17+. The number of nitrogens with zero attached hydrogens (tertiary/aromatic N) is 1. The van der Waals surface area contributed by atoms with E-state index in [1.807, 2.05) is 0 Å². The molecule has 0 aromatic carbocycles. The molecule has 0 amide bonds. The van der Waals surface area contributed by atoms with Crippen LogP contribution in [0, 0.1) is 5.82 Å². The van der Waals surface area contributed by atoms with E-state index < -0.39 is 17.8 Å². The summed E-state index contributed by atoms with van der Waals surface area (Å²) in [4.78, 5) is 15.3. The zero-order chi connectivity index (χ0) is 25.3. The molecule has 1 aromatic heterocycles. The fourth-order valence-electron chi connectivity index (χ4n) is 3.19. The van der Waals surface area contributed by atoms with Gasteiger partial charge in [-0.3, -0.25) is 0 Å². The Bertz CT molecular complexity index is 869. The zero-order valence-corrected chi connectivity index (χ0v) is 22.2. The molecule has 1 heterocycles. The van der Waals surface area contributed by atoms with Gasteiger partial charge in [-0.1, -0.05) is 46.6 Å². The molecule has 0 saturated heterocycles. The highest BCUT2D eigenvalue weighted by Gasteiger charge is 2.17. The zero-order valence-electron chi connectivity index (χ0n) is 21.4. The fraction of sp³-hybridized carbons (Fsp3) is 0.500. The van der Waals surface area contributed by atoms with Crippen LogP contribution in [-0.4, -0.2) is 33.6 Å². The maximum absolute atomic E-state index is 13.0. The van der Waals surface area contributed by atoms with Gasteiger partial charge in [0.05, 0.1) is 6.20 Å². The summed E-state index contributed by atoms with van der Waals surface area (Å²) in [7, 11) is 0. The molecular formula is C28H41FN2O2S. The quantitative estimate of drug-likeness (QED) is 0.182. The minimum Gasteiger partial charge on any atom is -0.480 e. The first-order valence-electron chi connectivity index (χ1n) is 12.0. The van der Waals surface area contributed by atoms with Gasteiger partial charge in [0.1, 0.15) is 17.7 Å². The monoisotopic (exact) mass is 488 g/mol. The van der Waals surface area contributed by atoms with E-state index in [0.717, 1.165) is 50.5 Å². The van der Waals surface area contributed by atoms with Crippen LogP contribution < -0.4 is 5.32 Å². The first-order valence-corrected chi connectivity index (χ1v) is 13.1. The summed E-state index contributed by atoms with van der Waals surface area (Å²) in [5.41, 5.74) is 5.60. The van der Waals surface area contributed by atoms with E-state index in [9.17, 15) is 14.3 Å². The maximum atomic E-state index is 13.0. The molecule has 1 aromatic rings. The molecule has 0 aliphatic carbocycles. The lowest BCUT2D eigenvalue weighted by Crippen LogP contribution is -2.32. The number of allylic oxidation sites excluding steroid dienone is 7. The van der Waals surface area contributed by atoms with Crippen LogP contribution in [-0.2, 0) is 4.79 Å². The maximum Gasteiger partial charge on any atom is 0.327 e. The molecule has 188 valence electrons. The summed E-state index contributed by atoms with van der Waals surface area (Å²) in [6.45, 7) is 10.8. The number of nitrogens with one attached hydrogen (secondary N) is 1. The molecule has 1 rings (SSSR count). The smallest absolute Gasteiger partial charge is 0.327 e. The molecule has 0 fully saturated rings. The lowest BCUT2D eigenvalue weighted by Gasteiger charge is -2.14. The van der Waals surface area contributed by atoms with E-state index >= 15 is 0 Å². The number of halogens is 1. The Balaban J connectivity index is 2.30. The van der Waals surface area contributed by atoms with Crippen molar-refractivity contribution >= 4 is 23.5 Å². The Kier molecular flexibility index (Phi) is 15.0. The van der Waals surface area contributed by atoms with Gasteiger partial charge in [-0.15, -0.1) is 0 Å². The van der Waals surface area contributed by atoms with Crippen molar-refractivity contribution in [3.63, 3.8) is 0 Å². The molecule has 2 N–H and O–H groups in total. The molecule has 0 aliphatic rings. The molecule has 0 spiro atoms. The molecular weight excluding hydrogens is 447 g/mol. The van der Waals surface area contributed by atoms with Crippen LogP contribution in [0.5, 0.6) is 0 Å². The van der Waals surface area contributed by atoms with Gasteiger partial charge in [-0.05, 0) is 85.3 Å². The summed E-state index contributed by atoms with van der Waals surface area (Å²) in [6, 6.07) is 1.93. The molecule has 0 saturated carbocycles. The number of carboxylic acids is 1. The van der Waals surface area contributed by atoms with Crippen molar-refractivity contribution in [3.05, 3.63) is 70.7 Å². The van der Waals surface area contributed by atoms with E-state index in [2.05, 4.69) is 69.2 Å². The van der Waals surface area contributed by atoms with Crippen molar-refractivity contribution in [2.24, 2.45) is 0 Å². The van der Waals surface area contributed by atoms with Gasteiger partial charge in [-0.25, -0.2) is 14.2 Å². The summed E-state index contributed by atoms with van der Waals surface area (Å²) >= 11 is 1.55. The van der Waals surface area contributed by atoms with Gasteiger partial charge in [0.15, 0.2) is 0 Å². The number of carbonyl (C=O) groups is 1. The van der Waals surface area contributed by atoms with Crippen LogP contribution >= 0.6 is 11.8 Å². The Morgan fingerprint density at radius 1 is 0.971 bits per heavy atom. The minimum absolute atomic E-state index is 0.359. The van der Waals surface area contributed by atoms with E-state index in [1.54, 1.807) is 11.8 Å². The van der Waals surface area contributed by atoms with E-state index in [-0.39, 0.29) is 0 Å². The minimum atomic E-state index is -0.946. The third-order valence-corrected chi connectivity index (χ3v) is 6.31. The normalized spacial score (nSPS) is 13.5. The van der Waals surface area contributed by atoms with E-state index in [0.29, 0.717) is 11.6 Å².